The first-order valence-corrected chi connectivity index (χ1v) is 7.77. The normalized spacial score (nSPS) is 15.3. The van der Waals surface area contributed by atoms with Crippen molar-refractivity contribution >= 4 is 22.4 Å². The summed E-state index contributed by atoms with van der Waals surface area (Å²) in [5.41, 5.74) is 10.5. The molecule has 0 aliphatic heterocycles. The van der Waals surface area contributed by atoms with Gasteiger partial charge in [0.2, 0.25) is 0 Å². The number of aromatic nitrogens is 4. The monoisotopic (exact) mass is 305 g/mol. The van der Waals surface area contributed by atoms with Gasteiger partial charge >= 0.3 is 0 Å². The standard InChI is InChI=1S/C17H15N5O/c18-16-15-14(11-4-5-13-12(8-11)20-9-23-13)21-17(10-2-1-3-10)22(15)7-6-19-16/h4-10H,1-3H2,(H2,18,19). The van der Waals surface area contributed by atoms with Crippen LogP contribution in [-0.2, 0) is 0 Å². The molecule has 1 aromatic carbocycles. The molecule has 23 heavy (non-hydrogen) atoms. The van der Waals surface area contributed by atoms with Crippen LogP contribution in [0.5, 0.6) is 0 Å². The van der Waals surface area contributed by atoms with Gasteiger partial charge in [0.15, 0.2) is 12.0 Å². The van der Waals surface area contributed by atoms with E-state index in [2.05, 4.69) is 14.4 Å². The summed E-state index contributed by atoms with van der Waals surface area (Å²) in [6.45, 7) is 0. The Morgan fingerprint density at radius 2 is 2.13 bits per heavy atom. The summed E-state index contributed by atoms with van der Waals surface area (Å²) in [7, 11) is 0. The van der Waals surface area contributed by atoms with E-state index in [0.29, 0.717) is 11.7 Å². The van der Waals surface area contributed by atoms with Crippen LogP contribution in [0, 0.1) is 0 Å². The van der Waals surface area contributed by atoms with Crippen LogP contribution in [0.15, 0.2) is 41.4 Å². The van der Waals surface area contributed by atoms with Crippen LogP contribution in [0.2, 0.25) is 0 Å². The van der Waals surface area contributed by atoms with E-state index in [1.54, 1.807) is 6.20 Å². The molecular weight excluding hydrogens is 290 g/mol. The van der Waals surface area contributed by atoms with Gasteiger partial charge in [-0.15, -0.1) is 0 Å². The van der Waals surface area contributed by atoms with Crippen LogP contribution < -0.4 is 5.73 Å². The number of benzene rings is 1. The Hall–Kier alpha value is -2.89. The van der Waals surface area contributed by atoms with Gasteiger partial charge in [-0.2, -0.15) is 0 Å². The number of rotatable bonds is 2. The molecule has 3 aromatic heterocycles. The molecule has 0 bridgehead atoms. The number of hydrogen-bond donors (Lipinski definition) is 1. The molecule has 2 N–H and O–H groups in total. The third kappa shape index (κ3) is 1.78. The van der Waals surface area contributed by atoms with Crippen LogP contribution in [-0.4, -0.2) is 19.4 Å². The van der Waals surface area contributed by atoms with Gasteiger partial charge in [-0.1, -0.05) is 6.42 Å². The average Bonchev–Trinajstić information content (AvgIpc) is 3.10. The van der Waals surface area contributed by atoms with Crippen LogP contribution in [0.25, 0.3) is 27.9 Å². The van der Waals surface area contributed by atoms with Crippen molar-refractivity contribution in [2.45, 2.75) is 25.2 Å². The molecule has 1 aliphatic rings. The highest BCUT2D eigenvalue weighted by molar-refractivity contribution is 5.89. The van der Waals surface area contributed by atoms with E-state index in [1.165, 1.54) is 25.7 Å². The molecule has 0 unspecified atom stereocenters. The fourth-order valence-corrected chi connectivity index (χ4v) is 3.25. The summed E-state index contributed by atoms with van der Waals surface area (Å²) < 4.78 is 7.41. The van der Waals surface area contributed by atoms with Gasteiger partial charge in [0.25, 0.3) is 0 Å². The third-order valence-electron chi connectivity index (χ3n) is 4.68. The van der Waals surface area contributed by atoms with Gasteiger partial charge < -0.3 is 10.2 Å². The van der Waals surface area contributed by atoms with Gasteiger partial charge in [-0.3, -0.25) is 4.40 Å². The average molecular weight is 305 g/mol. The van der Waals surface area contributed by atoms with E-state index >= 15 is 0 Å². The maximum atomic E-state index is 6.15. The summed E-state index contributed by atoms with van der Waals surface area (Å²) in [6, 6.07) is 5.89. The highest BCUT2D eigenvalue weighted by atomic mass is 16.3. The Bertz CT molecular complexity index is 1030. The van der Waals surface area contributed by atoms with E-state index in [1.807, 2.05) is 24.4 Å². The summed E-state index contributed by atoms with van der Waals surface area (Å²) in [6.07, 6.45) is 8.77. The first-order valence-electron chi connectivity index (χ1n) is 7.77. The minimum atomic E-state index is 0.501. The van der Waals surface area contributed by atoms with Crippen LogP contribution >= 0.6 is 0 Å². The van der Waals surface area contributed by atoms with Crippen molar-refractivity contribution in [3.8, 4) is 11.3 Å². The largest absolute Gasteiger partial charge is 0.443 e. The Kier molecular flexibility index (Phi) is 2.50. The Labute approximate surface area is 132 Å². The first kappa shape index (κ1) is 12.6. The van der Waals surface area contributed by atoms with Crippen LogP contribution in [0.3, 0.4) is 0 Å². The highest BCUT2D eigenvalue weighted by Gasteiger charge is 2.26. The number of oxazole rings is 1. The number of fused-ring (bicyclic) bond motifs is 2. The summed E-state index contributed by atoms with van der Waals surface area (Å²) in [5, 5.41) is 0. The molecule has 6 nitrogen and oxygen atoms in total. The van der Waals surface area contributed by atoms with E-state index in [9.17, 15) is 0 Å². The number of nitrogen functional groups attached to an aromatic ring is 1. The lowest BCUT2D eigenvalue weighted by molar-refractivity contribution is 0.400. The highest BCUT2D eigenvalue weighted by Crippen LogP contribution is 2.39. The number of nitrogens with zero attached hydrogens (tertiary/aromatic N) is 4. The van der Waals surface area contributed by atoms with Gasteiger partial charge in [-0.05, 0) is 31.0 Å². The van der Waals surface area contributed by atoms with Crippen molar-refractivity contribution in [1.82, 2.24) is 19.4 Å². The first-order chi connectivity index (χ1) is 11.3. The summed E-state index contributed by atoms with van der Waals surface area (Å²) in [4.78, 5) is 13.4. The molecule has 114 valence electrons. The van der Waals surface area contributed by atoms with Crippen molar-refractivity contribution in [2.24, 2.45) is 0 Å². The zero-order valence-corrected chi connectivity index (χ0v) is 12.4. The van der Waals surface area contributed by atoms with E-state index in [0.717, 1.165) is 33.7 Å². The minimum absolute atomic E-state index is 0.501. The maximum Gasteiger partial charge on any atom is 0.181 e. The Morgan fingerprint density at radius 1 is 1.22 bits per heavy atom. The molecule has 3 heterocycles. The lowest BCUT2D eigenvalue weighted by atomic mass is 9.85. The SMILES string of the molecule is Nc1nccn2c(C3CCC3)nc(-c3ccc4ocnc4c3)c12. The summed E-state index contributed by atoms with van der Waals surface area (Å²) >= 11 is 0. The van der Waals surface area contributed by atoms with E-state index < -0.39 is 0 Å². The van der Waals surface area contributed by atoms with Crippen LogP contribution in [0.4, 0.5) is 5.82 Å². The molecule has 5 rings (SSSR count). The molecule has 0 spiro atoms. The van der Waals surface area contributed by atoms with Gasteiger partial charge in [-0.25, -0.2) is 15.0 Å². The van der Waals surface area contributed by atoms with Crippen molar-refractivity contribution in [1.29, 1.82) is 0 Å². The summed E-state index contributed by atoms with van der Waals surface area (Å²) in [5.74, 6) is 2.09. The number of anilines is 1. The van der Waals surface area contributed by atoms with Gasteiger partial charge in [0.05, 0.1) is 0 Å². The molecule has 6 heteroatoms. The molecule has 1 fully saturated rings. The zero-order valence-electron chi connectivity index (χ0n) is 12.4. The number of hydrogen-bond acceptors (Lipinski definition) is 5. The maximum absolute atomic E-state index is 6.15. The second-order valence-electron chi connectivity index (χ2n) is 6.01. The molecule has 0 saturated heterocycles. The predicted octanol–water partition coefficient (Wildman–Crippen LogP) is 3.39. The molecule has 0 atom stereocenters. The van der Waals surface area contributed by atoms with Crippen LogP contribution in [0.1, 0.15) is 31.0 Å². The fraction of sp³-hybridized carbons (Fsp3) is 0.235. The Morgan fingerprint density at radius 3 is 2.96 bits per heavy atom. The third-order valence-corrected chi connectivity index (χ3v) is 4.68. The number of nitrogens with two attached hydrogens (primary N) is 1. The predicted molar refractivity (Wildman–Crippen MR) is 87.0 cm³/mol. The molecular formula is C17H15N5O. The van der Waals surface area contributed by atoms with Gasteiger partial charge in [0.1, 0.15) is 28.4 Å². The smallest absolute Gasteiger partial charge is 0.181 e. The molecule has 1 aliphatic carbocycles. The fourth-order valence-electron chi connectivity index (χ4n) is 3.25. The topological polar surface area (TPSA) is 82.2 Å². The second kappa shape index (κ2) is 4.55. The van der Waals surface area contributed by atoms with Crippen molar-refractivity contribution in [3.63, 3.8) is 0 Å². The molecule has 4 aromatic rings. The lowest BCUT2D eigenvalue weighted by Gasteiger charge is -2.23. The number of imidazole rings is 1. The quantitative estimate of drug-likeness (QED) is 0.614. The molecule has 1 saturated carbocycles. The molecule has 0 amide bonds. The van der Waals surface area contributed by atoms with Gasteiger partial charge in [0, 0.05) is 23.9 Å². The second-order valence-corrected chi connectivity index (χ2v) is 6.01. The van der Waals surface area contributed by atoms with Crippen molar-refractivity contribution in [2.75, 3.05) is 5.73 Å². The van der Waals surface area contributed by atoms with Crippen molar-refractivity contribution in [3.05, 3.63) is 42.8 Å². The zero-order chi connectivity index (χ0) is 15.4. The van der Waals surface area contributed by atoms with E-state index in [4.69, 9.17) is 15.1 Å². The minimum Gasteiger partial charge on any atom is -0.443 e. The van der Waals surface area contributed by atoms with Crippen molar-refractivity contribution < 1.29 is 4.42 Å². The van der Waals surface area contributed by atoms with E-state index in [-0.39, 0.29) is 0 Å². The Balaban J connectivity index is 1.79. The molecule has 0 radical (unpaired) electrons. The lowest BCUT2D eigenvalue weighted by Crippen LogP contribution is -2.12.